The van der Waals surface area contributed by atoms with Crippen molar-refractivity contribution in [3.05, 3.63) is 30.3 Å². The summed E-state index contributed by atoms with van der Waals surface area (Å²) >= 11 is 0. The minimum atomic E-state index is 0.0426. The van der Waals surface area contributed by atoms with E-state index in [1.54, 1.807) is 0 Å². The van der Waals surface area contributed by atoms with Crippen molar-refractivity contribution in [3.8, 4) is 0 Å². The number of carbonyl (C=O) groups excluding carboxylic acids is 2. The number of anilines is 1. The Morgan fingerprint density at radius 1 is 1.18 bits per heavy atom. The molecule has 0 aliphatic carbocycles. The van der Waals surface area contributed by atoms with Crippen molar-refractivity contribution in [2.75, 3.05) is 44.6 Å². The highest BCUT2D eigenvalue weighted by molar-refractivity contribution is 5.92. The lowest BCUT2D eigenvalue weighted by Crippen LogP contribution is -2.53. The highest BCUT2D eigenvalue weighted by Crippen LogP contribution is 2.40. The molecule has 1 atom stereocenters. The van der Waals surface area contributed by atoms with Gasteiger partial charge < -0.3 is 15.0 Å². The van der Waals surface area contributed by atoms with Crippen LogP contribution >= 0.6 is 0 Å². The Bertz CT molecular complexity index is 680. The Morgan fingerprint density at radius 3 is 2.68 bits per heavy atom. The standard InChI is InChI=1S/C22H31N3O3/c26-20(23-18-5-2-1-3-6-18)16-24-12-10-22(11-13-24)9-8-21(27)25(17-22)15-19-7-4-14-28-19/h1-3,5-6,19H,4,7-17H2,(H,23,26)/t19-/m1/s1. The molecule has 3 fully saturated rings. The minimum absolute atomic E-state index is 0.0426. The van der Waals surface area contributed by atoms with Crippen LogP contribution in [0.3, 0.4) is 0 Å². The number of rotatable bonds is 5. The van der Waals surface area contributed by atoms with Crippen LogP contribution in [-0.2, 0) is 14.3 Å². The molecule has 2 amide bonds. The normalized spacial score (nSPS) is 25.2. The van der Waals surface area contributed by atoms with E-state index in [2.05, 4.69) is 15.1 Å². The number of para-hydroxylation sites is 1. The smallest absolute Gasteiger partial charge is 0.238 e. The van der Waals surface area contributed by atoms with Gasteiger partial charge >= 0.3 is 0 Å². The SMILES string of the molecule is O=C(CN1CCC2(CCC(=O)N(C[C@H]3CCCO3)C2)CC1)Nc1ccccc1. The molecular weight excluding hydrogens is 354 g/mol. The van der Waals surface area contributed by atoms with Crippen LogP contribution in [0.4, 0.5) is 5.69 Å². The summed E-state index contributed by atoms with van der Waals surface area (Å²) in [5.41, 5.74) is 1.07. The minimum Gasteiger partial charge on any atom is -0.376 e. The van der Waals surface area contributed by atoms with Crippen molar-refractivity contribution in [2.45, 2.75) is 44.6 Å². The van der Waals surface area contributed by atoms with E-state index in [1.165, 1.54) is 0 Å². The number of hydrogen-bond donors (Lipinski definition) is 1. The maximum absolute atomic E-state index is 12.4. The molecular formula is C22H31N3O3. The van der Waals surface area contributed by atoms with Gasteiger partial charge in [0.15, 0.2) is 0 Å². The Kier molecular flexibility index (Phi) is 5.97. The van der Waals surface area contributed by atoms with Crippen LogP contribution in [0.1, 0.15) is 38.5 Å². The van der Waals surface area contributed by atoms with Gasteiger partial charge in [0.05, 0.1) is 12.6 Å². The van der Waals surface area contributed by atoms with Gasteiger partial charge in [-0.1, -0.05) is 18.2 Å². The maximum Gasteiger partial charge on any atom is 0.238 e. The van der Waals surface area contributed by atoms with Crippen LogP contribution < -0.4 is 5.32 Å². The van der Waals surface area contributed by atoms with Gasteiger partial charge in [0.1, 0.15) is 0 Å². The lowest BCUT2D eigenvalue weighted by Gasteiger charge is -2.47. The Labute approximate surface area is 167 Å². The van der Waals surface area contributed by atoms with E-state index in [1.807, 2.05) is 30.3 Å². The summed E-state index contributed by atoms with van der Waals surface area (Å²) in [6.07, 6.45) is 6.15. The third-order valence-corrected chi connectivity index (χ3v) is 6.54. The molecule has 152 valence electrons. The van der Waals surface area contributed by atoms with Crippen molar-refractivity contribution in [1.29, 1.82) is 0 Å². The first-order chi connectivity index (χ1) is 13.6. The summed E-state index contributed by atoms with van der Waals surface area (Å²) in [4.78, 5) is 29.0. The molecule has 3 saturated heterocycles. The number of hydrogen-bond acceptors (Lipinski definition) is 4. The molecule has 0 saturated carbocycles. The van der Waals surface area contributed by atoms with E-state index in [-0.39, 0.29) is 23.3 Å². The largest absolute Gasteiger partial charge is 0.376 e. The molecule has 1 aromatic carbocycles. The van der Waals surface area contributed by atoms with Gasteiger partial charge in [-0.25, -0.2) is 0 Å². The summed E-state index contributed by atoms with van der Waals surface area (Å²) < 4.78 is 5.74. The predicted octanol–water partition coefficient (Wildman–Crippen LogP) is 2.51. The van der Waals surface area contributed by atoms with Crippen molar-refractivity contribution in [2.24, 2.45) is 5.41 Å². The fourth-order valence-electron chi connectivity index (χ4n) is 4.82. The third kappa shape index (κ3) is 4.73. The molecule has 1 aromatic rings. The average molecular weight is 386 g/mol. The summed E-state index contributed by atoms with van der Waals surface area (Å²) in [5, 5.41) is 2.97. The van der Waals surface area contributed by atoms with Crippen molar-refractivity contribution in [1.82, 2.24) is 9.80 Å². The molecule has 6 heteroatoms. The molecule has 3 aliphatic rings. The van der Waals surface area contributed by atoms with Gasteiger partial charge in [-0.2, -0.15) is 0 Å². The van der Waals surface area contributed by atoms with Crippen LogP contribution in [0, 0.1) is 5.41 Å². The number of nitrogens with zero attached hydrogens (tertiary/aromatic N) is 2. The molecule has 6 nitrogen and oxygen atoms in total. The van der Waals surface area contributed by atoms with E-state index < -0.39 is 0 Å². The first-order valence-electron chi connectivity index (χ1n) is 10.6. The van der Waals surface area contributed by atoms with E-state index in [4.69, 9.17) is 4.74 Å². The maximum atomic E-state index is 12.4. The van der Waals surface area contributed by atoms with Gasteiger partial charge in [-0.3, -0.25) is 14.5 Å². The van der Waals surface area contributed by atoms with Crippen molar-refractivity contribution >= 4 is 17.5 Å². The van der Waals surface area contributed by atoms with E-state index in [9.17, 15) is 9.59 Å². The third-order valence-electron chi connectivity index (χ3n) is 6.54. The number of likely N-dealkylation sites (tertiary alicyclic amines) is 2. The molecule has 4 rings (SSSR count). The zero-order valence-electron chi connectivity index (χ0n) is 16.6. The summed E-state index contributed by atoms with van der Waals surface area (Å²) in [7, 11) is 0. The van der Waals surface area contributed by atoms with Crippen LogP contribution in [0.25, 0.3) is 0 Å². The fourth-order valence-corrected chi connectivity index (χ4v) is 4.82. The lowest BCUT2D eigenvalue weighted by molar-refractivity contribution is -0.141. The molecule has 3 aliphatic heterocycles. The van der Waals surface area contributed by atoms with Crippen LogP contribution in [0.2, 0.25) is 0 Å². The number of piperidine rings is 2. The number of ether oxygens (including phenoxy) is 1. The van der Waals surface area contributed by atoms with Gasteiger partial charge in [0.25, 0.3) is 0 Å². The number of benzene rings is 1. The monoisotopic (exact) mass is 385 g/mol. The highest BCUT2D eigenvalue weighted by Gasteiger charge is 2.41. The van der Waals surface area contributed by atoms with Gasteiger partial charge in [0, 0.05) is 31.8 Å². The zero-order chi connectivity index (χ0) is 19.4. The molecule has 0 aromatic heterocycles. The van der Waals surface area contributed by atoms with E-state index >= 15 is 0 Å². The van der Waals surface area contributed by atoms with Gasteiger partial charge in [-0.15, -0.1) is 0 Å². The highest BCUT2D eigenvalue weighted by atomic mass is 16.5. The van der Waals surface area contributed by atoms with E-state index in [0.29, 0.717) is 13.0 Å². The molecule has 1 spiro atoms. The molecule has 1 N–H and O–H groups in total. The topological polar surface area (TPSA) is 61.9 Å². The number of nitrogens with one attached hydrogen (secondary N) is 1. The van der Waals surface area contributed by atoms with Gasteiger partial charge in [-0.05, 0) is 62.7 Å². The van der Waals surface area contributed by atoms with E-state index in [0.717, 1.165) is 70.6 Å². The molecule has 3 heterocycles. The quantitative estimate of drug-likeness (QED) is 0.846. The molecule has 0 unspecified atom stereocenters. The van der Waals surface area contributed by atoms with Crippen molar-refractivity contribution in [3.63, 3.8) is 0 Å². The summed E-state index contributed by atoms with van der Waals surface area (Å²) in [6.45, 7) is 4.72. The molecule has 28 heavy (non-hydrogen) atoms. The Balaban J connectivity index is 1.26. The van der Waals surface area contributed by atoms with Crippen LogP contribution in [0.15, 0.2) is 30.3 Å². The second-order valence-corrected chi connectivity index (χ2v) is 8.60. The number of carbonyl (C=O) groups is 2. The second kappa shape index (κ2) is 8.62. The van der Waals surface area contributed by atoms with Crippen LogP contribution in [-0.4, -0.2) is 67.0 Å². The fraction of sp³-hybridized carbons (Fsp3) is 0.636. The Hall–Kier alpha value is -1.92. The first kappa shape index (κ1) is 19.4. The molecule has 0 bridgehead atoms. The molecule has 0 radical (unpaired) electrons. The number of amides is 2. The lowest BCUT2D eigenvalue weighted by atomic mass is 9.72. The summed E-state index contributed by atoms with van der Waals surface area (Å²) in [6, 6.07) is 9.60. The average Bonchev–Trinajstić information content (AvgIpc) is 3.21. The van der Waals surface area contributed by atoms with Gasteiger partial charge in [0.2, 0.25) is 11.8 Å². The van der Waals surface area contributed by atoms with Crippen LogP contribution in [0.5, 0.6) is 0 Å². The van der Waals surface area contributed by atoms with Crippen molar-refractivity contribution < 1.29 is 14.3 Å². The first-order valence-corrected chi connectivity index (χ1v) is 10.6. The predicted molar refractivity (Wildman–Crippen MR) is 108 cm³/mol. The second-order valence-electron chi connectivity index (χ2n) is 8.60. The Morgan fingerprint density at radius 2 is 1.96 bits per heavy atom. The summed E-state index contributed by atoms with van der Waals surface area (Å²) in [5.74, 6) is 0.326. The zero-order valence-corrected chi connectivity index (χ0v) is 16.6.